The second kappa shape index (κ2) is 14.2. The molecule has 0 spiro atoms. The number of rotatable bonds is 11. The summed E-state index contributed by atoms with van der Waals surface area (Å²) in [4.78, 5) is 14.2. The van der Waals surface area contributed by atoms with Crippen LogP contribution in [0.2, 0.25) is 0 Å². The van der Waals surface area contributed by atoms with Crippen molar-refractivity contribution in [1.82, 2.24) is 4.90 Å². The van der Waals surface area contributed by atoms with Crippen molar-refractivity contribution in [3.63, 3.8) is 0 Å². The van der Waals surface area contributed by atoms with E-state index < -0.39 is 18.5 Å². The molecule has 0 bridgehead atoms. The topological polar surface area (TPSA) is 100 Å². The van der Waals surface area contributed by atoms with Crippen LogP contribution >= 0.6 is 0 Å². The van der Waals surface area contributed by atoms with Gasteiger partial charge >= 0.3 is 6.09 Å². The van der Waals surface area contributed by atoms with Crippen molar-refractivity contribution in [1.29, 1.82) is 0 Å². The first-order chi connectivity index (χ1) is 19.4. The van der Waals surface area contributed by atoms with Crippen LogP contribution in [-0.2, 0) is 20.8 Å². The molecule has 0 aliphatic carbocycles. The predicted molar refractivity (Wildman–Crippen MR) is 154 cm³/mol. The van der Waals surface area contributed by atoms with Gasteiger partial charge in [-0.25, -0.2) is 4.79 Å². The molecule has 1 saturated heterocycles. The number of anilines is 1. The molecule has 1 aliphatic rings. The SMILES string of the molecule is C=CCOC(=O)Nc1cccc([C@H]2O[C@@H](CN(C)[C@@H](C)[C@H](O)c3ccccc3)C[C@@H](c3ccc(CO)cc3)O2)c1. The van der Waals surface area contributed by atoms with Gasteiger partial charge in [-0.05, 0) is 42.8 Å². The quantitative estimate of drug-likeness (QED) is 0.273. The van der Waals surface area contributed by atoms with Crippen LogP contribution in [0.5, 0.6) is 0 Å². The van der Waals surface area contributed by atoms with E-state index in [1.54, 1.807) is 12.1 Å². The lowest BCUT2D eigenvalue weighted by molar-refractivity contribution is -0.253. The number of ether oxygens (including phenoxy) is 3. The van der Waals surface area contributed by atoms with E-state index in [0.717, 1.165) is 22.3 Å². The van der Waals surface area contributed by atoms with E-state index in [1.807, 2.05) is 80.7 Å². The van der Waals surface area contributed by atoms with Crippen LogP contribution in [0.4, 0.5) is 10.5 Å². The highest BCUT2D eigenvalue weighted by atomic mass is 16.7. The van der Waals surface area contributed by atoms with Gasteiger partial charge < -0.3 is 24.4 Å². The number of carbonyl (C=O) groups is 1. The number of benzene rings is 3. The lowest BCUT2D eigenvalue weighted by Crippen LogP contribution is -2.43. The average Bonchev–Trinajstić information content (AvgIpc) is 2.99. The van der Waals surface area contributed by atoms with Crippen LogP contribution in [0.3, 0.4) is 0 Å². The van der Waals surface area contributed by atoms with Crippen molar-refractivity contribution < 1.29 is 29.2 Å². The van der Waals surface area contributed by atoms with Crippen LogP contribution in [-0.4, -0.2) is 53.6 Å². The summed E-state index contributed by atoms with van der Waals surface area (Å²) in [7, 11) is 1.98. The van der Waals surface area contributed by atoms with Gasteiger partial charge in [0.15, 0.2) is 6.29 Å². The number of likely N-dealkylation sites (N-methyl/N-ethyl adjacent to an activating group) is 1. The molecule has 0 radical (unpaired) electrons. The first-order valence-electron chi connectivity index (χ1n) is 13.5. The molecule has 5 atom stereocenters. The summed E-state index contributed by atoms with van der Waals surface area (Å²) in [5.41, 5.74) is 3.99. The van der Waals surface area contributed by atoms with Gasteiger partial charge in [0.05, 0.1) is 24.9 Å². The first kappa shape index (κ1) is 29.5. The number of hydrogen-bond donors (Lipinski definition) is 3. The van der Waals surface area contributed by atoms with Gasteiger partial charge in [-0.2, -0.15) is 0 Å². The molecule has 1 fully saturated rings. The standard InChI is InChI=1S/C32H38N2O6/c1-4-17-38-32(37)33-27-12-8-11-26(18-27)31-39-28(19-29(40-31)24-15-13-23(21-35)14-16-24)20-34(3)22(2)30(36)25-9-6-5-7-10-25/h4-16,18,22,28-31,35-36H,1,17,19-21H2,2-3H3,(H,33,37)/t22-,28+,29-,30-,31-/m0/s1. The smallest absolute Gasteiger partial charge is 0.411 e. The molecule has 0 aromatic heterocycles. The molecule has 3 aromatic rings. The number of amides is 1. The van der Waals surface area contributed by atoms with Crippen molar-refractivity contribution >= 4 is 11.8 Å². The third-order valence-corrected chi connectivity index (χ3v) is 7.14. The zero-order chi connectivity index (χ0) is 28.5. The lowest BCUT2D eigenvalue weighted by Gasteiger charge is -2.39. The second-order valence-electron chi connectivity index (χ2n) is 10.0. The van der Waals surface area contributed by atoms with Crippen molar-refractivity contribution in [3.8, 4) is 0 Å². The van der Waals surface area contributed by atoms with E-state index in [1.165, 1.54) is 6.08 Å². The molecule has 4 rings (SSSR count). The van der Waals surface area contributed by atoms with E-state index in [2.05, 4.69) is 16.8 Å². The third kappa shape index (κ3) is 7.78. The van der Waals surface area contributed by atoms with Crippen LogP contribution in [0.1, 0.15) is 54.1 Å². The molecule has 1 aliphatic heterocycles. The maximum Gasteiger partial charge on any atom is 0.411 e. The van der Waals surface area contributed by atoms with Gasteiger partial charge in [0.1, 0.15) is 6.61 Å². The predicted octanol–water partition coefficient (Wildman–Crippen LogP) is 5.51. The number of aliphatic hydroxyl groups is 2. The van der Waals surface area contributed by atoms with Gasteiger partial charge in [0.2, 0.25) is 0 Å². The minimum absolute atomic E-state index is 0.0262. The molecule has 1 amide bonds. The van der Waals surface area contributed by atoms with Crippen molar-refractivity contribution in [2.24, 2.45) is 0 Å². The summed E-state index contributed by atoms with van der Waals surface area (Å²) in [6, 6.07) is 24.5. The fourth-order valence-electron chi connectivity index (χ4n) is 4.74. The fourth-order valence-corrected chi connectivity index (χ4v) is 4.74. The highest BCUT2D eigenvalue weighted by Gasteiger charge is 2.34. The van der Waals surface area contributed by atoms with Crippen LogP contribution in [0.15, 0.2) is 91.5 Å². The number of hydrogen-bond acceptors (Lipinski definition) is 7. The fraction of sp³-hybridized carbons (Fsp3) is 0.344. The Labute approximate surface area is 235 Å². The Bertz CT molecular complexity index is 1240. The summed E-state index contributed by atoms with van der Waals surface area (Å²) in [6.07, 6.45) is -0.250. The number of aliphatic hydroxyl groups excluding tert-OH is 2. The van der Waals surface area contributed by atoms with Crippen molar-refractivity contribution in [3.05, 3.63) is 114 Å². The Kier molecular flexibility index (Phi) is 10.5. The molecule has 8 nitrogen and oxygen atoms in total. The summed E-state index contributed by atoms with van der Waals surface area (Å²) < 4.78 is 17.9. The molecule has 40 heavy (non-hydrogen) atoms. The number of carbonyl (C=O) groups excluding carboxylic acids is 1. The van der Waals surface area contributed by atoms with Gasteiger partial charge in [-0.3, -0.25) is 10.2 Å². The minimum atomic E-state index is -0.685. The summed E-state index contributed by atoms with van der Waals surface area (Å²) in [5, 5.41) is 23.2. The van der Waals surface area contributed by atoms with E-state index in [9.17, 15) is 15.0 Å². The van der Waals surface area contributed by atoms with E-state index in [0.29, 0.717) is 18.7 Å². The van der Waals surface area contributed by atoms with Gasteiger partial charge in [-0.1, -0.05) is 79.4 Å². The molecule has 3 aromatic carbocycles. The summed E-state index contributed by atoms with van der Waals surface area (Å²) in [6.45, 7) is 6.21. The Morgan fingerprint density at radius 1 is 1.10 bits per heavy atom. The van der Waals surface area contributed by atoms with Crippen LogP contribution in [0.25, 0.3) is 0 Å². The maximum absolute atomic E-state index is 12.1. The Hall–Kier alpha value is -3.53. The van der Waals surface area contributed by atoms with Crippen molar-refractivity contribution in [2.75, 3.05) is 25.5 Å². The van der Waals surface area contributed by atoms with Crippen LogP contribution in [0, 0.1) is 0 Å². The molecule has 0 saturated carbocycles. The zero-order valence-corrected chi connectivity index (χ0v) is 23.0. The Morgan fingerprint density at radius 3 is 2.55 bits per heavy atom. The maximum atomic E-state index is 12.1. The molecule has 1 heterocycles. The molecule has 3 N–H and O–H groups in total. The van der Waals surface area contributed by atoms with E-state index >= 15 is 0 Å². The summed E-state index contributed by atoms with van der Waals surface area (Å²) in [5.74, 6) is 0. The van der Waals surface area contributed by atoms with Gasteiger partial charge in [-0.15, -0.1) is 0 Å². The van der Waals surface area contributed by atoms with Crippen molar-refractivity contribution in [2.45, 2.75) is 50.6 Å². The lowest BCUT2D eigenvalue weighted by atomic mass is 9.98. The Balaban J connectivity index is 1.52. The second-order valence-corrected chi connectivity index (χ2v) is 10.0. The van der Waals surface area contributed by atoms with Gasteiger partial charge in [0.25, 0.3) is 0 Å². The number of nitrogens with one attached hydrogen (secondary N) is 1. The molecule has 212 valence electrons. The average molecular weight is 547 g/mol. The minimum Gasteiger partial charge on any atom is -0.445 e. The first-order valence-corrected chi connectivity index (χ1v) is 13.5. The molecular formula is C32H38N2O6. The third-order valence-electron chi connectivity index (χ3n) is 7.14. The largest absolute Gasteiger partial charge is 0.445 e. The zero-order valence-electron chi connectivity index (χ0n) is 23.0. The monoisotopic (exact) mass is 546 g/mol. The normalized spacial score (nSPS) is 20.5. The van der Waals surface area contributed by atoms with E-state index in [-0.39, 0.29) is 31.5 Å². The molecular weight excluding hydrogens is 508 g/mol. The molecule has 0 unspecified atom stereocenters. The summed E-state index contributed by atoms with van der Waals surface area (Å²) >= 11 is 0. The highest BCUT2D eigenvalue weighted by Crippen LogP contribution is 2.39. The van der Waals surface area contributed by atoms with E-state index in [4.69, 9.17) is 14.2 Å². The Morgan fingerprint density at radius 2 is 1.85 bits per heavy atom. The van der Waals surface area contributed by atoms with Crippen LogP contribution < -0.4 is 5.32 Å². The number of nitrogens with zero attached hydrogens (tertiary/aromatic N) is 1. The van der Waals surface area contributed by atoms with Gasteiger partial charge in [0, 0.05) is 30.3 Å². The highest BCUT2D eigenvalue weighted by molar-refractivity contribution is 5.84. The molecule has 8 heteroatoms.